The molecule has 0 aliphatic heterocycles. The zero-order chi connectivity index (χ0) is 14.6. The van der Waals surface area contributed by atoms with Crippen LogP contribution in [0.2, 0.25) is 0 Å². The van der Waals surface area contributed by atoms with Gasteiger partial charge in [-0.05, 0) is 13.0 Å². The Bertz CT molecular complexity index is 450. The molecule has 1 aromatic rings. The summed E-state index contributed by atoms with van der Waals surface area (Å²) in [6.45, 7) is 4.45. The van der Waals surface area contributed by atoms with Crippen molar-refractivity contribution >= 4 is 23.2 Å². The lowest BCUT2D eigenvalue weighted by Crippen LogP contribution is -2.35. The molecule has 0 spiro atoms. The van der Waals surface area contributed by atoms with E-state index in [9.17, 15) is 13.2 Å². The first-order chi connectivity index (χ1) is 8.75. The van der Waals surface area contributed by atoms with Gasteiger partial charge >= 0.3 is 6.18 Å². The summed E-state index contributed by atoms with van der Waals surface area (Å²) in [7, 11) is 0. The highest BCUT2D eigenvalue weighted by Gasteiger charge is 2.33. The van der Waals surface area contributed by atoms with Gasteiger partial charge in [0.25, 0.3) is 0 Å². The smallest absolute Gasteiger partial charge is 0.393 e. The van der Waals surface area contributed by atoms with Crippen LogP contribution < -0.4 is 10.6 Å². The van der Waals surface area contributed by atoms with Crippen LogP contribution in [-0.2, 0) is 6.18 Å². The molecule has 8 heteroatoms. The van der Waals surface area contributed by atoms with Gasteiger partial charge in [-0.3, -0.25) is 0 Å². The molecular formula is C11H15F3N4S. The minimum absolute atomic E-state index is 0.0282. The second-order valence-corrected chi connectivity index (χ2v) is 4.55. The molecule has 0 saturated heterocycles. The SMILES string of the molecule is CCN(CC(C)C(N)=S)c1nccc(C(F)(F)F)n1. The van der Waals surface area contributed by atoms with E-state index in [-0.39, 0.29) is 11.9 Å². The van der Waals surface area contributed by atoms with E-state index in [1.165, 1.54) is 0 Å². The predicted octanol–water partition coefficient (Wildman–Crippen LogP) is 2.24. The minimum Gasteiger partial charge on any atom is -0.393 e. The van der Waals surface area contributed by atoms with Crippen LogP contribution in [-0.4, -0.2) is 28.0 Å². The molecule has 2 N–H and O–H groups in total. The molecule has 1 atom stereocenters. The average Bonchev–Trinajstić information content (AvgIpc) is 2.34. The van der Waals surface area contributed by atoms with Gasteiger partial charge < -0.3 is 10.6 Å². The number of hydrogen-bond donors (Lipinski definition) is 1. The lowest BCUT2D eigenvalue weighted by molar-refractivity contribution is -0.141. The van der Waals surface area contributed by atoms with Crippen LogP contribution >= 0.6 is 12.2 Å². The molecule has 19 heavy (non-hydrogen) atoms. The summed E-state index contributed by atoms with van der Waals surface area (Å²) in [5.41, 5.74) is 4.54. The number of anilines is 1. The maximum absolute atomic E-state index is 12.6. The zero-order valence-electron chi connectivity index (χ0n) is 10.6. The van der Waals surface area contributed by atoms with Gasteiger partial charge in [0.2, 0.25) is 5.95 Å². The van der Waals surface area contributed by atoms with E-state index in [0.717, 1.165) is 12.3 Å². The molecule has 0 aliphatic carbocycles. The molecule has 0 aromatic carbocycles. The Morgan fingerprint density at radius 3 is 2.63 bits per heavy atom. The van der Waals surface area contributed by atoms with Crippen molar-refractivity contribution in [3.05, 3.63) is 18.0 Å². The predicted molar refractivity (Wildman–Crippen MR) is 70.9 cm³/mol. The second-order valence-electron chi connectivity index (χ2n) is 4.08. The highest BCUT2D eigenvalue weighted by atomic mass is 32.1. The summed E-state index contributed by atoms with van der Waals surface area (Å²) >= 11 is 4.85. The number of hydrogen-bond acceptors (Lipinski definition) is 4. The fraction of sp³-hybridized carbons (Fsp3) is 0.545. The molecule has 106 valence electrons. The van der Waals surface area contributed by atoms with E-state index in [1.807, 2.05) is 0 Å². The van der Waals surface area contributed by atoms with E-state index in [2.05, 4.69) is 9.97 Å². The fourth-order valence-electron chi connectivity index (χ4n) is 1.43. The summed E-state index contributed by atoms with van der Waals surface area (Å²) in [6.07, 6.45) is -3.38. The quantitative estimate of drug-likeness (QED) is 0.844. The summed E-state index contributed by atoms with van der Waals surface area (Å²) in [6, 6.07) is 0.842. The van der Waals surface area contributed by atoms with Gasteiger partial charge in [-0.1, -0.05) is 19.1 Å². The first-order valence-corrected chi connectivity index (χ1v) is 6.11. The van der Waals surface area contributed by atoms with Crippen molar-refractivity contribution in [2.75, 3.05) is 18.0 Å². The van der Waals surface area contributed by atoms with E-state index in [1.54, 1.807) is 18.7 Å². The summed E-state index contributed by atoms with van der Waals surface area (Å²) < 4.78 is 37.7. The van der Waals surface area contributed by atoms with Crippen molar-refractivity contribution in [1.29, 1.82) is 0 Å². The third-order valence-electron chi connectivity index (χ3n) is 2.58. The Morgan fingerprint density at radius 1 is 1.53 bits per heavy atom. The monoisotopic (exact) mass is 292 g/mol. The van der Waals surface area contributed by atoms with Crippen molar-refractivity contribution in [3.63, 3.8) is 0 Å². The highest BCUT2D eigenvalue weighted by Crippen LogP contribution is 2.28. The van der Waals surface area contributed by atoms with Gasteiger partial charge in [-0.2, -0.15) is 13.2 Å². The van der Waals surface area contributed by atoms with Crippen LogP contribution in [0.1, 0.15) is 19.5 Å². The summed E-state index contributed by atoms with van der Waals surface area (Å²) in [4.78, 5) is 9.32. The number of thiocarbonyl (C=S) groups is 1. The van der Waals surface area contributed by atoms with Crippen LogP contribution in [0, 0.1) is 5.92 Å². The largest absolute Gasteiger partial charge is 0.433 e. The fourth-order valence-corrected chi connectivity index (χ4v) is 1.51. The summed E-state index contributed by atoms with van der Waals surface area (Å²) in [5, 5.41) is 0. The molecule has 1 heterocycles. The Labute approximate surface area is 114 Å². The molecule has 0 saturated carbocycles. The van der Waals surface area contributed by atoms with Crippen LogP contribution in [0.25, 0.3) is 0 Å². The van der Waals surface area contributed by atoms with E-state index >= 15 is 0 Å². The third kappa shape index (κ3) is 4.30. The normalized spacial score (nSPS) is 13.1. The third-order valence-corrected chi connectivity index (χ3v) is 2.98. The molecule has 4 nitrogen and oxygen atoms in total. The van der Waals surface area contributed by atoms with Gasteiger partial charge in [-0.25, -0.2) is 9.97 Å². The van der Waals surface area contributed by atoms with Crippen LogP contribution in [0.5, 0.6) is 0 Å². The maximum atomic E-state index is 12.6. The highest BCUT2D eigenvalue weighted by molar-refractivity contribution is 7.80. The van der Waals surface area contributed by atoms with Crippen molar-refractivity contribution in [2.24, 2.45) is 11.7 Å². The van der Waals surface area contributed by atoms with Crippen molar-refractivity contribution < 1.29 is 13.2 Å². The number of nitrogens with zero attached hydrogens (tertiary/aromatic N) is 3. The lowest BCUT2D eigenvalue weighted by atomic mass is 10.1. The standard InChI is InChI=1S/C11H15F3N4S/c1-3-18(6-7(2)9(15)19)10-16-5-4-8(17-10)11(12,13)14/h4-5,7H,3,6H2,1-2H3,(H2,15,19). The van der Waals surface area contributed by atoms with Gasteiger partial charge in [0.05, 0.1) is 4.99 Å². The van der Waals surface area contributed by atoms with Crippen LogP contribution in [0.3, 0.4) is 0 Å². The molecule has 0 radical (unpaired) electrons. The molecule has 1 rings (SSSR count). The molecule has 1 aromatic heterocycles. The Morgan fingerprint density at radius 2 is 2.16 bits per heavy atom. The number of rotatable bonds is 5. The van der Waals surface area contributed by atoms with Crippen molar-refractivity contribution in [2.45, 2.75) is 20.0 Å². The van der Waals surface area contributed by atoms with E-state index in [4.69, 9.17) is 18.0 Å². The molecule has 0 aliphatic rings. The van der Waals surface area contributed by atoms with E-state index < -0.39 is 11.9 Å². The maximum Gasteiger partial charge on any atom is 0.433 e. The van der Waals surface area contributed by atoms with Crippen LogP contribution in [0.4, 0.5) is 19.1 Å². The van der Waals surface area contributed by atoms with Crippen molar-refractivity contribution in [3.8, 4) is 0 Å². The molecule has 0 bridgehead atoms. The number of aromatic nitrogens is 2. The van der Waals surface area contributed by atoms with Gasteiger partial charge in [0.15, 0.2) is 0 Å². The Kier molecular flexibility index (Phi) is 5.04. The first-order valence-electron chi connectivity index (χ1n) is 5.70. The number of nitrogens with two attached hydrogens (primary N) is 1. The lowest BCUT2D eigenvalue weighted by Gasteiger charge is -2.24. The molecule has 0 fully saturated rings. The average molecular weight is 292 g/mol. The summed E-state index contributed by atoms with van der Waals surface area (Å²) in [5.74, 6) is -0.103. The Balaban J connectivity index is 2.96. The number of alkyl halides is 3. The molecule has 0 amide bonds. The molecular weight excluding hydrogens is 277 g/mol. The zero-order valence-corrected chi connectivity index (χ0v) is 11.4. The van der Waals surface area contributed by atoms with Crippen LogP contribution in [0.15, 0.2) is 12.3 Å². The Hall–Kier alpha value is -1.44. The van der Waals surface area contributed by atoms with Gasteiger partial charge in [0.1, 0.15) is 5.69 Å². The second kappa shape index (κ2) is 6.14. The van der Waals surface area contributed by atoms with Gasteiger partial charge in [-0.15, -0.1) is 0 Å². The van der Waals surface area contributed by atoms with Crippen molar-refractivity contribution in [1.82, 2.24) is 9.97 Å². The first kappa shape index (κ1) is 15.6. The van der Waals surface area contributed by atoms with E-state index in [0.29, 0.717) is 18.1 Å². The topological polar surface area (TPSA) is 55.0 Å². The minimum atomic E-state index is -4.48. The molecule has 1 unspecified atom stereocenters. The van der Waals surface area contributed by atoms with Gasteiger partial charge in [0, 0.05) is 25.2 Å². The number of halogens is 3.